The quantitative estimate of drug-likeness (QED) is 0.234. The molecule has 6 heteroatoms. The summed E-state index contributed by atoms with van der Waals surface area (Å²) in [4.78, 5) is 16.2. The first-order chi connectivity index (χ1) is 16.9. The van der Waals surface area contributed by atoms with Crippen LogP contribution in [0, 0.1) is 29.6 Å². The highest BCUT2D eigenvalue weighted by Gasteiger charge is 2.25. The van der Waals surface area contributed by atoms with E-state index in [9.17, 15) is 15.2 Å². The van der Waals surface area contributed by atoms with Crippen molar-refractivity contribution >= 4 is 5.97 Å². The molecule has 1 aromatic rings. The zero-order chi connectivity index (χ0) is 25.6. The Hall–Kier alpha value is -2.90. The third-order valence-electron chi connectivity index (χ3n) is 6.35. The second-order valence-corrected chi connectivity index (χ2v) is 9.04. The van der Waals surface area contributed by atoms with Gasteiger partial charge in [-0.25, -0.2) is 4.79 Å². The van der Waals surface area contributed by atoms with Gasteiger partial charge >= 0.3 is 5.97 Å². The molecule has 0 spiro atoms. The van der Waals surface area contributed by atoms with Crippen LogP contribution < -0.4 is 0 Å². The molecule has 0 radical (unpaired) electrons. The summed E-state index contributed by atoms with van der Waals surface area (Å²) in [7, 11) is 0. The highest BCUT2D eigenvalue weighted by Crippen LogP contribution is 2.22. The number of hydrogen-bond acceptors (Lipinski definition) is 6. The summed E-state index contributed by atoms with van der Waals surface area (Å²) in [6, 6.07) is 7.96. The molecule has 0 amide bonds. The number of aliphatic hydroxyl groups excluding tert-OH is 1. The van der Waals surface area contributed by atoms with Crippen molar-refractivity contribution in [3.05, 3.63) is 58.7 Å². The van der Waals surface area contributed by atoms with Crippen molar-refractivity contribution in [1.82, 2.24) is 9.80 Å². The minimum atomic E-state index is -0.526. The molecule has 188 valence electrons. The van der Waals surface area contributed by atoms with Gasteiger partial charge in [0.1, 0.15) is 12.8 Å². The van der Waals surface area contributed by atoms with E-state index in [4.69, 9.17) is 4.74 Å². The second kappa shape index (κ2) is 15.2. The number of fused-ring (bicyclic) bond motifs is 1. The van der Waals surface area contributed by atoms with E-state index in [0.717, 1.165) is 68.7 Å². The number of carbonyl (C=O) groups excluding carboxylic acids is 1. The van der Waals surface area contributed by atoms with Gasteiger partial charge in [-0.1, -0.05) is 37.6 Å². The number of rotatable bonds is 10. The molecule has 1 fully saturated rings. The Labute approximate surface area is 210 Å². The predicted octanol–water partition coefficient (Wildman–Crippen LogP) is 4.31. The minimum absolute atomic E-state index is 0.259. The standard InChI is InChI=1S/C26H35N3O3.C3H4/c1-3-5-20(17-27)7-8-21(6-4-2)18-28-11-13-29(14-12-28)25(30)16-22-9-10-24-23(15-22)19-32-26(24)31;1-3-2/h3,5,7,9-10,15,21,25,30H,4,6,8,11-14,16,18-19H2,1-2H3;1H,2H3/b5-3-,20-7+;. The van der Waals surface area contributed by atoms with E-state index in [0.29, 0.717) is 24.5 Å². The van der Waals surface area contributed by atoms with Crippen molar-refractivity contribution in [2.24, 2.45) is 5.92 Å². The third-order valence-corrected chi connectivity index (χ3v) is 6.35. The van der Waals surface area contributed by atoms with Crippen molar-refractivity contribution in [2.75, 3.05) is 32.7 Å². The summed E-state index contributed by atoms with van der Waals surface area (Å²) in [6.07, 6.45) is 13.7. The Morgan fingerprint density at radius 3 is 2.66 bits per heavy atom. The first kappa shape index (κ1) is 28.3. The molecule has 0 bridgehead atoms. The minimum Gasteiger partial charge on any atom is -0.457 e. The number of nitrogens with zero attached hydrogens (tertiary/aromatic N) is 3. The normalized spacial score (nSPS) is 18.1. The molecule has 6 nitrogen and oxygen atoms in total. The number of hydrogen-bond donors (Lipinski definition) is 1. The van der Waals surface area contributed by atoms with Crippen molar-refractivity contribution in [3.63, 3.8) is 0 Å². The molecule has 2 aliphatic rings. The number of aliphatic hydroxyl groups is 1. The van der Waals surface area contributed by atoms with Crippen molar-refractivity contribution in [1.29, 1.82) is 5.26 Å². The van der Waals surface area contributed by atoms with Gasteiger partial charge in [-0.05, 0) is 50.3 Å². The molecule has 0 saturated carbocycles. The van der Waals surface area contributed by atoms with E-state index < -0.39 is 6.23 Å². The fraction of sp³-hybridized carbons (Fsp3) is 0.517. The first-order valence-corrected chi connectivity index (χ1v) is 12.5. The molecule has 1 saturated heterocycles. The van der Waals surface area contributed by atoms with Gasteiger partial charge in [-0.2, -0.15) is 5.26 Å². The Morgan fingerprint density at radius 2 is 2.03 bits per heavy atom. The highest BCUT2D eigenvalue weighted by molar-refractivity contribution is 5.93. The summed E-state index contributed by atoms with van der Waals surface area (Å²) in [6.45, 7) is 10.7. The van der Waals surface area contributed by atoms with E-state index in [1.54, 1.807) is 13.0 Å². The van der Waals surface area contributed by atoms with Crippen LogP contribution in [0.3, 0.4) is 0 Å². The fourth-order valence-corrected chi connectivity index (χ4v) is 4.58. The lowest BCUT2D eigenvalue weighted by atomic mass is 9.97. The number of benzene rings is 1. The molecule has 1 N–H and O–H groups in total. The number of esters is 1. The number of nitriles is 1. The van der Waals surface area contributed by atoms with E-state index in [2.05, 4.69) is 41.2 Å². The molecule has 3 rings (SSSR count). The number of ether oxygens (including phenoxy) is 1. The van der Waals surface area contributed by atoms with Crippen LogP contribution in [0.25, 0.3) is 0 Å². The van der Waals surface area contributed by atoms with Gasteiger partial charge in [-0.3, -0.25) is 4.90 Å². The Bertz CT molecular complexity index is 962. The Balaban J connectivity index is 0.00000137. The van der Waals surface area contributed by atoms with Gasteiger partial charge in [-0.15, -0.1) is 12.3 Å². The maximum atomic E-state index is 11.6. The van der Waals surface area contributed by atoms with Crippen LogP contribution in [-0.4, -0.2) is 59.8 Å². The summed E-state index contributed by atoms with van der Waals surface area (Å²) in [5.74, 6) is 2.53. The largest absolute Gasteiger partial charge is 0.457 e. The molecule has 2 heterocycles. The number of allylic oxidation sites excluding steroid dienone is 4. The van der Waals surface area contributed by atoms with Crippen LogP contribution in [0.4, 0.5) is 0 Å². The number of piperazine rings is 1. The third kappa shape index (κ3) is 9.00. The monoisotopic (exact) mass is 477 g/mol. The number of terminal acetylenes is 1. The topological polar surface area (TPSA) is 76.8 Å². The second-order valence-electron chi connectivity index (χ2n) is 9.04. The lowest BCUT2D eigenvalue weighted by molar-refractivity contribution is -0.0266. The smallest absolute Gasteiger partial charge is 0.338 e. The van der Waals surface area contributed by atoms with Crippen LogP contribution in [0.1, 0.15) is 61.5 Å². The van der Waals surface area contributed by atoms with Crippen molar-refractivity contribution in [3.8, 4) is 18.4 Å². The zero-order valence-electron chi connectivity index (χ0n) is 21.4. The average Bonchev–Trinajstić information content (AvgIpc) is 3.22. The maximum absolute atomic E-state index is 11.6. The van der Waals surface area contributed by atoms with Crippen LogP contribution in [0.5, 0.6) is 0 Å². The Morgan fingerprint density at radius 1 is 1.31 bits per heavy atom. The summed E-state index contributed by atoms with van der Waals surface area (Å²) in [5.41, 5.74) is 3.32. The van der Waals surface area contributed by atoms with E-state index in [-0.39, 0.29) is 5.97 Å². The van der Waals surface area contributed by atoms with Crippen molar-refractivity contribution in [2.45, 2.75) is 59.3 Å². The van der Waals surface area contributed by atoms with Gasteiger partial charge in [0.05, 0.1) is 11.6 Å². The molecule has 0 aliphatic carbocycles. The van der Waals surface area contributed by atoms with Crippen LogP contribution in [0.15, 0.2) is 42.0 Å². The average molecular weight is 478 g/mol. The molecular formula is C29H39N3O3. The molecular weight excluding hydrogens is 438 g/mol. The molecule has 2 aliphatic heterocycles. The molecule has 2 atom stereocenters. The lowest BCUT2D eigenvalue weighted by Crippen LogP contribution is -2.51. The molecule has 0 aromatic heterocycles. The van der Waals surface area contributed by atoms with Crippen LogP contribution >= 0.6 is 0 Å². The van der Waals surface area contributed by atoms with Crippen molar-refractivity contribution < 1.29 is 14.6 Å². The summed E-state index contributed by atoms with van der Waals surface area (Å²) in [5, 5.41) is 20.0. The SMILES string of the molecule is C#CC.C/C=C\C(C#N)=C/CC(CCC)CN1CCN(C(O)Cc2ccc3c(c2)COC3=O)CC1. The van der Waals surface area contributed by atoms with E-state index in [1.807, 2.05) is 31.2 Å². The number of cyclic esters (lactones) is 1. The Kier molecular flexibility index (Phi) is 12.3. The zero-order valence-corrected chi connectivity index (χ0v) is 21.4. The van der Waals surface area contributed by atoms with Gasteiger partial charge in [0, 0.05) is 50.3 Å². The molecule has 35 heavy (non-hydrogen) atoms. The molecule has 2 unspecified atom stereocenters. The van der Waals surface area contributed by atoms with Gasteiger partial charge in [0.2, 0.25) is 0 Å². The van der Waals surface area contributed by atoms with Gasteiger partial charge in [0.15, 0.2) is 0 Å². The number of carbonyl (C=O) groups is 1. The van der Waals surface area contributed by atoms with Crippen LogP contribution in [0.2, 0.25) is 0 Å². The van der Waals surface area contributed by atoms with Crippen LogP contribution in [-0.2, 0) is 17.8 Å². The van der Waals surface area contributed by atoms with Gasteiger partial charge < -0.3 is 14.7 Å². The molecule has 1 aromatic carbocycles. The fourth-order valence-electron chi connectivity index (χ4n) is 4.58. The first-order valence-electron chi connectivity index (χ1n) is 12.5. The summed E-state index contributed by atoms with van der Waals surface area (Å²) >= 11 is 0. The maximum Gasteiger partial charge on any atom is 0.338 e. The highest BCUT2D eigenvalue weighted by atomic mass is 16.5. The van der Waals surface area contributed by atoms with E-state index >= 15 is 0 Å². The summed E-state index contributed by atoms with van der Waals surface area (Å²) < 4.78 is 5.07. The van der Waals surface area contributed by atoms with Gasteiger partial charge in [0.25, 0.3) is 0 Å². The predicted molar refractivity (Wildman–Crippen MR) is 139 cm³/mol. The lowest BCUT2D eigenvalue weighted by Gasteiger charge is -2.38. The van der Waals surface area contributed by atoms with E-state index in [1.165, 1.54) is 0 Å².